The van der Waals surface area contributed by atoms with Crippen molar-refractivity contribution < 1.29 is 28.2 Å². The molecule has 2 aliphatic heterocycles. The lowest BCUT2D eigenvalue weighted by molar-refractivity contribution is -0.149. The number of aryl methyl sites for hydroxylation is 2. The average Bonchev–Trinajstić information content (AvgIpc) is 3.44. The van der Waals surface area contributed by atoms with E-state index in [1.54, 1.807) is 32.9 Å². The zero-order valence-electron chi connectivity index (χ0n) is 20.3. The standard InChI is InChI=1S/C27H27ClFNO5/c1-12-8-15(33-25-16(29)10-14(28)11-30-25)9-13(2)19(12)22-23(31)20-17-6-7-18(34-17)21(20)24(22)35-26(32)27(3,4)5/h8-11,17-18,20-21H,6-7H2,1-5H3/t17-,18+,20+,21-/m1/s1. The van der Waals surface area contributed by atoms with E-state index in [9.17, 15) is 14.0 Å². The summed E-state index contributed by atoms with van der Waals surface area (Å²) in [5.41, 5.74) is 1.91. The lowest BCUT2D eigenvalue weighted by Crippen LogP contribution is -2.31. The number of carbonyl (C=O) groups is 2. The second kappa shape index (κ2) is 8.42. The molecule has 1 aliphatic carbocycles. The van der Waals surface area contributed by atoms with Crippen LogP contribution in [0.2, 0.25) is 5.02 Å². The van der Waals surface area contributed by atoms with Gasteiger partial charge in [0.2, 0.25) is 0 Å². The molecule has 0 saturated carbocycles. The van der Waals surface area contributed by atoms with Gasteiger partial charge in [-0.15, -0.1) is 0 Å². The van der Waals surface area contributed by atoms with Crippen LogP contribution in [0.3, 0.4) is 0 Å². The number of rotatable bonds is 4. The molecule has 1 aromatic carbocycles. The highest BCUT2D eigenvalue weighted by atomic mass is 35.5. The number of fused-ring (bicyclic) bond motifs is 5. The van der Waals surface area contributed by atoms with Gasteiger partial charge in [0.1, 0.15) is 11.5 Å². The molecule has 0 amide bonds. The van der Waals surface area contributed by atoms with E-state index in [4.69, 9.17) is 25.8 Å². The lowest BCUT2D eigenvalue weighted by atomic mass is 9.80. The van der Waals surface area contributed by atoms with Crippen LogP contribution in [0.15, 0.2) is 30.2 Å². The molecule has 0 unspecified atom stereocenters. The Labute approximate surface area is 208 Å². The number of Topliss-reactive ketones (excluding diaryl/α,β-unsaturated/α-hetero) is 1. The number of aromatic nitrogens is 1. The molecule has 2 saturated heterocycles. The molecule has 3 heterocycles. The van der Waals surface area contributed by atoms with Gasteiger partial charge in [-0.05, 0) is 82.3 Å². The third kappa shape index (κ3) is 4.04. The topological polar surface area (TPSA) is 74.7 Å². The van der Waals surface area contributed by atoms with Gasteiger partial charge in [-0.2, -0.15) is 0 Å². The molecule has 0 N–H and O–H groups in total. The molecular formula is C27H27ClFNO5. The lowest BCUT2D eigenvalue weighted by Gasteiger charge is -2.24. The second-order valence-corrected chi connectivity index (χ2v) is 11.0. The van der Waals surface area contributed by atoms with Gasteiger partial charge in [-0.25, -0.2) is 9.37 Å². The first kappa shape index (κ1) is 23.9. The first-order chi connectivity index (χ1) is 16.5. The van der Waals surface area contributed by atoms with E-state index in [1.165, 1.54) is 6.20 Å². The van der Waals surface area contributed by atoms with Crippen LogP contribution < -0.4 is 4.74 Å². The summed E-state index contributed by atoms with van der Waals surface area (Å²) in [4.78, 5) is 30.6. The fourth-order valence-corrected chi connectivity index (χ4v) is 5.53. The third-order valence-corrected chi connectivity index (χ3v) is 7.14. The molecule has 2 fully saturated rings. The monoisotopic (exact) mass is 499 g/mol. The SMILES string of the molecule is Cc1cc(Oc2ncc(Cl)cc2F)cc(C)c1C1=C(OC(=O)C(C)(C)C)[C@H]2[C@@H](C1=O)[C@H]1CC[C@@H]2O1. The Bertz CT molecular complexity index is 1260. The van der Waals surface area contributed by atoms with Crippen molar-refractivity contribution in [1.82, 2.24) is 4.98 Å². The summed E-state index contributed by atoms with van der Waals surface area (Å²) < 4.78 is 31.9. The maximum absolute atomic E-state index is 14.2. The highest BCUT2D eigenvalue weighted by molar-refractivity contribution is 6.30. The van der Waals surface area contributed by atoms with Crippen molar-refractivity contribution >= 4 is 28.9 Å². The summed E-state index contributed by atoms with van der Waals surface area (Å²) in [6.07, 6.45) is 2.70. The van der Waals surface area contributed by atoms with Gasteiger partial charge in [-0.3, -0.25) is 9.59 Å². The Hall–Kier alpha value is -2.77. The fraction of sp³-hybridized carbons (Fsp3) is 0.444. The van der Waals surface area contributed by atoms with E-state index < -0.39 is 11.2 Å². The number of ketones is 1. The fourth-order valence-electron chi connectivity index (χ4n) is 5.38. The Morgan fingerprint density at radius 2 is 1.74 bits per heavy atom. The minimum absolute atomic E-state index is 0.0517. The van der Waals surface area contributed by atoms with E-state index in [0.717, 1.165) is 30.0 Å². The van der Waals surface area contributed by atoms with Crippen LogP contribution >= 0.6 is 11.6 Å². The minimum atomic E-state index is -0.727. The molecule has 184 valence electrons. The summed E-state index contributed by atoms with van der Waals surface area (Å²) in [6, 6.07) is 4.58. The number of benzene rings is 1. The van der Waals surface area contributed by atoms with Crippen molar-refractivity contribution in [2.75, 3.05) is 0 Å². The van der Waals surface area contributed by atoms with E-state index in [-0.39, 0.29) is 46.7 Å². The predicted molar refractivity (Wildman–Crippen MR) is 128 cm³/mol. The van der Waals surface area contributed by atoms with Crippen molar-refractivity contribution in [1.29, 1.82) is 0 Å². The summed E-state index contributed by atoms with van der Waals surface area (Å²) >= 11 is 5.78. The van der Waals surface area contributed by atoms with Crippen LogP contribution in [0.1, 0.15) is 50.3 Å². The molecule has 1 aromatic heterocycles. The number of halogens is 2. The second-order valence-electron chi connectivity index (χ2n) is 10.6. The Morgan fingerprint density at radius 3 is 2.34 bits per heavy atom. The van der Waals surface area contributed by atoms with Crippen molar-refractivity contribution in [2.45, 2.75) is 59.7 Å². The zero-order valence-corrected chi connectivity index (χ0v) is 21.0. The maximum atomic E-state index is 14.2. The molecule has 2 aromatic rings. The molecule has 4 atom stereocenters. The summed E-state index contributed by atoms with van der Waals surface area (Å²) in [5, 5.41) is 0.171. The Kier molecular flexibility index (Phi) is 5.76. The Balaban J connectivity index is 1.57. The smallest absolute Gasteiger partial charge is 0.316 e. The van der Waals surface area contributed by atoms with E-state index in [1.807, 2.05) is 13.8 Å². The number of allylic oxidation sites excluding steroid dienone is 1. The number of hydrogen-bond donors (Lipinski definition) is 0. The van der Waals surface area contributed by atoms with Crippen LogP contribution in [0.5, 0.6) is 11.6 Å². The van der Waals surface area contributed by atoms with Gasteiger partial charge in [-0.1, -0.05) is 11.6 Å². The molecular weight excluding hydrogens is 473 g/mol. The van der Waals surface area contributed by atoms with Crippen molar-refractivity contribution in [2.24, 2.45) is 17.3 Å². The highest BCUT2D eigenvalue weighted by Crippen LogP contribution is 2.55. The van der Waals surface area contributed by atoms with Crippen molar-refractivity contribution in [3.63, 3.8) is 0 Å². The molecule has 3 aliphatic rings. The van der Waals surface area contributed by atoms with Crippen molar-refractivity contribution in [3.8, 4) is 11.6 Å². The number of ether oxygens (including phenoxy) is 3. The first-order valence-electron chi connectivity index (χ1n) is 11.7. The van der Waals surface area contributed by atoms with Crippen LogP contribution in [-0.2, 0) is 19.1 Å². The summed E-state index contributed by atoms with van der Waals surface area (Å²) in [7, 11) is 0. The quantitative estimate of drug-likeness (QED) is 0.483. The van der Waals surface area contributed by atoms with E-state index in [2.05, 4.69) is 4.98 Å². The molecule has 35 heavy (non-hydrogen) atoms. The number of carbonyl (C=O) groups excluding carboxylic acids is 2. The molecule has 2 bridgehead atoms. The number of hydrogen-bond acceptors (Lipinski definition) is 6. The van der Waals surface area contributed by atoms with E-state index >= 15 is 0 Å². The normalized spacial score (nSPS) is 25.3. The molecule has 0 radical (unpaired) electrons. The number of esters is 1. The van der Waals surface area contributed by atoms with Gasteiger partial charge >= 0.3 is 5.97 Å². The Morgan fingerprint density at radius 1 is 1.11 bits per heavy atom. The zero-order chi connectivity index (χ0) is 25.2. The predicted octanol–water partition coefficient (Wildman–Crippen LogP) is 5.96. The average molecular weight is 500 g/mol. The highest BCUT2D eigenvalue weighted by Gasteiger charge is 2.60. The van der Waals surface area contributed by atoms with Gasteiger partial charge in [0, 0.05) is 6.20 Å². The first-order valence-corrected chi connectivity index (χ1v) is 12.1. The van der Waals surface area contributed by atoms with Gasteiger partial charge in [0.15, 0.2) is 11.6 Å². The van der Waals surface area contributed by atoms with Crippen LogP contribution in [0.25, 0.3) is 5.57 Å². The minimum Gasteiger partial charge on any atom is -0.436 e. The molecule has 8 heteroatoms. The third-order valence-electron chi connectivity index (χ3n) is 6.93. The van der Waals surface area contributed by atoms with Gasteiger partial charge < -0.3 is 14.2 Å². The van der Waals surface area contributed by atoms with Crippen LogP contribution in [-0.4, -0.2) is 28.9 Å². The summed E-state index contributed by atoms with van der Waals surface area (Å²) in [5.74, 6) is -1.12. The summed E-state index contributed by atoms with van der Waals surface area (Å²) in [6.45, 7) is 9.06. The van der Waals surface area contributed by atoms with Crippen molar-refractivity contribution in [3.05, 3.63) is 57.7 Å². The van der Waals surface area contributed by atoms with E-state index in [0.29, 0.717) is 22.6 Å². The number of pyridine rings is 1. The van der Waals surface area contributed by atoms with Crippen LogP contribution in [0.4, 0.5) is 4.39 Å². The van der Waals surface area contributed by atoms with Gasteiger partial charge in [0.05, 0.1) is 40.1 Å². The largest absolute Gasteiger partial charge is 0.436 e. The number of nitrogens with zero attached hydrogens (tertiary/aromatic N) is 1. The molecule has 6 nitrogen and oxygen atoms in total. The molecule has 0 spiro atoms. The van der Waals surface area contributed by atoms with Crippen LogP contribution in [0, 0.1) is 36.9 Å². The maximum Gasteiger partial charge on any atom is 0.316 e. The molecule has 5 rings (SSSR count). The van der Waals surface area contributed by atoms with Gasteiger partial charge in [0.25, 0.3) is 5.88 Å².